The largest absolute Gasteiger partial charge is 0.497 e. The van der Waals surface area contributed by atoms with Crippen molar-refractivity contribution < 1.29 is 9.53 Å². The lowest BCUT2D eigenvalue weighted by Crippen LogP contribution is -2.36. The summed E-state index contributed by atoms with van der Waals surface area (Å²) < 4.78 is 7.40. The van der Waals surface area contributed by atoms with Crippen molar-refractivity contribution in [2.45, 2.75) is 19.5 Å². The number of carbonyl (C=O) groups excluding carboxylic acids is 1. The van der Waals surface area contributed by atoms with E-state index in [9.17, 15) is 4.79 Å². The summed E-state index contributed by atoms with van der Waals surface area (Å²) in [4.78, 5) is 14.9. The number of methoxy groups -OCH3 is 1. The van der Waals surface area contributed by atoms with Gasteiger partial charge in [-0.25, -0.2) is 4.79 Å². The summed E-state index contributed by atoms with van der Waals surface area (Å²) in [6.45, 7) is 2.61. The molecule has 0 aliphatic carbocycles. The monoisotopic (exact) mass is 347 g/mol. The van der Waals surface area contributed by atoms with E-state index in [0.29, 0.717) is 12.3 Å². The van der Waals surface area contributed by atoms with Gasteiger partial charge in [-0.2, -0.15) is 0 Å². The van der Waals surface area contributed by atoms with E-state index >= 15 is 0 Å². The molecular formula is C21H21N3O2. The normalized spacial score (nSPS) is 15.6. The van der Waals surface area contributed by atoms with E-state index in [4.69, 9.17) is 4.74 Å². The topological polar surface area (TPSA) is 46.5 Å². The van der Waals surface area contributed by atoms with Gasteiger partial charge in [0.1, 0.15) is 5.75 Å². The maximum Gasteiger partial charge on any atom is 0.322 e. The minimum absolute atomic E-state index is 0.0528. The number of anilines is 1. The minimum atomic E-state index is -0.129. The van der Waals surface area contributed by atoms with Crippen LogP contribution in [0.5, 0.6) is 5.75 Å². The van der Waals surface area contributed by atoms with Gasteiger partial charge in [0.25, 0.3) is 0 Å². The molecule has 2 amide bonds. The van der Waals surface area contributed by atoms with Gasteiger partial charge in [0.15, 0.2) is 0 Å². The molecule has 0 saturated carbocycles. The summed E-state index contributed by atoms with van der Waals surface area (Å²) in [6.07, 6.45) is 2.05. The van der Waals surface area contributed by atoms with Gasteiger partial charge in [-0.3, -0.25) is 0 Å². The number of amides is 2. The van der Waals surface area contributed by atoms with Crippen molar-refractivity contribution in [3.8, 4) is 11.4 Å². The van der Waals surface area contributed by atoms with E-state index in [1.165, 1.54) is 0 Å². The summed E-state index contributed by atoms with van der Waals surface area (Å²) in [6, 6.07) is 19.5. The van der Waals surface area contributed by atoms with E-state index in [-0.39, 0.29) is 12.1 Å². The van der Waals surface area contributed by atoms with Crippen LogP contribution in [0.25, 0.3) is 5.69 Å². The summed E-state index contributed by atoms with van der Waals surface area (Å²) in [7, 11) is 1.61. The van der Waals surface area contributed by atoms with Crippen LogP contribution in [-0.2, 0) is 6.54 Å². The van der Waals surface area contributed by atoms with Crippen LogP contribution in [0.4, 0.5) is 10.5 Å². The number of carbonyl (C=O) groups is 1. The molecule has 3 aromatic rings. The van der Waals surface area contributed by atoms with Crippen LogP contribution in [0.1, 0.15) is 24.2 Å². The van der Waals surface area contributed by atoms with Gasteiger partial charge in [0.2, 0.25) is 0 Å². The molecule has 0 saturated heterocycles. The third-order valence-corrected chi connectivity index (χ3v) is 4.85. The Balaban J connectivity index is 1.67. The lowest BCUT2D eigenvalue weighted by molar-refractivity contribution is 0.189. The fraction of sp³-hybridized carbons (Fsp3) is 0.190. The molecule has 0 spiro atoms. The van der Waals surface area contributed by atoms with Crippen LogP contribution in [0, 0.1) is 0 Å². The molecule has 0 fully saturated rings. The lowest BCUT2D eigenvalue weighted by Gasteiger charge is -2.27. The van der Waals surface area contributed by atoms with Gasteiger partial charge in [0.05, 0.1) is 25.4 Å². The molecule has 1 N–H and O–H groups in total. The Morgan fingerprint density at radius 3 is 2.81 bits per heavy atom. The predicted octanol–water partition coefficient (Wildman–Crippen LogP) is 4.59. The standard InChI is InChI=1S/C21H21N3O2/c1-15-19-11-6-12-23(19)20-10-4-3-7-16(20)14-24(15)21(25)22-17-8-5-9-18(13-17)26-2/h3-13,15H,14H2,1-2H3,(H,22,25)/t15-/m1/s1. The number of rotatable bonds is 2. The molecular weight excluding hydrogens is 326 g/mol. The highest BCUT2D eigenvalue weighted by Crippen LogP contribution is 2.32. The summed E-state index contributed by atoms with van der Waals surface area (Å²) in [5.74, 6) is 0.714. The Morgan fingerprint density at radius 2 is 1.96 bits per heavy atom. The molecule has 2 aromatic carbocycles. The van der Waals surface area contributed by atoms with E-state index in [0.717, 1.165) is 22.6 Å². The number of benzene rings is 2. The average Bonchev–Trinajstić information content (AvgIpc) is 3.11. The first-order valence-electron chi connectivity index (χ1n) is 8.64. The Hall–Kier alpha value is -3.21. The van der Waals surface area contributed by atoms with Gasteiger partial charge in [-0.15, -0.1) is 0 Å². The van der Waals surface area contributed by atoms with Crippen LogP contribution in [0.15, 0.2) is 66.9 Å². The third kappa shape index (κ3) is 2.81. The summed E-state index contributed by atoms with van der Waals surface area (Å²) in [5.41, 5.74) is 4.05. The second-order valence-electron chi connectivity index (χ2n) is 6.40. The number of urea groups is 1. The molecule has 26 heavy (non-hydrogen) atoms. The smallest absolute Gasteiger partial charge is 0.322 e. The van der Waals surface area contributed by atoms with Gasteiger partial charge in [-0.05, 0) is 42.8 Å². The number of ether oxygens (including phenoxy) is 1. The summed E-state index contributed by atoms with van der Waals surface area (Å²) in [5, 5.41) is 3.00. The Morgan fingerprint density at radius 1 is 1.12 bits per heavy atom. The predicted molar refractivity (Wildman–Crippen MR) is 102 cm³/mol. The van der Waals surface area contributed by atoms with Crippen LogP contribution < -0.4 is 10.1 Å². The van der Waals surface area contributed by atoms with Crippen molar-refractivity contribution in [3.63, 3.8) is 0 Å². The molecule has 0 unspecified atom stereocenters. The quantitative estimate of drug-likeness (QED) is 0.737. The maximum atomic E-state index is 13.0. The van der Waals surface area contributed by atoms with Crippen molar-refractivity contribution in [2.75, 3.05) is 12.4 Å². The van der Waals surface area contributed by atoms with Crippen molar-refractivity contribution in [3.05, 3.63) is 78.1 Å². The average molecular weight is 347 g/mol. The molecule has 2 heterocycles. The van der Waals surface area contributed by atoms with E-state index in [1.54, 1.807) is 7.11 Å². The highest BCUT2D eigenvalue weighted by atomic mass is 16.5. The first-order chi connectivity index (χ1) is 12.7. The number of para-hydroxylation sites is 1. The molecule has 0 bridgehead atoms. The molecule has 132 valence electrons. The SMILES string of the molecule is COc1cccc(NC(=O)N2Cc3ccccc3-n3cccc3[C@H]2C)c1. The third-order valence-electron chi connectivity index (χ3n) is 4.85. The highest BCUT2D eigenvalue weighted by molar-refractivity contribution is 5.90. The fourth-order valence-corrected chi connectivity index (χ4v) is 3.46. The summed E-state index contributed by atoms with van der Waals surface area (Å²) >= 11 is 0. The van der Waals surface area contributed by atoms with Crippen LogP contribution in [-0.4, -0.2) is 22.6 Å². The molecule has 5 heteroatoms. The van der Waals surface area contributed by atoms with E-state index in [1.807, 2.05) is 53.6 Å². The zero-order valence-corrected chi connectivity index (χ0v) is 14.8. The van der Waals surface area contributed by atoms with Gasteiger partial charge in [0, 0.05) is 23.6 Å². The van der Waals surface area contributed by atoms with Gasteiger partial charge in [-0.1, -0.05) is 24.3 Å². The van der Waals surface area contributed by atoms with Gasteiger partial charge >= 0.3 is 6.03 Å². The highest BCUT2D eigenvalue weighted by Gasteiger charge is 2.28. The van der Waals surface area contributed by atoms with E-state index < -0.39 is 0 Å². The molecule has 0 radical (unpaired) electrons. The number of nitrogens with one attached hydrogen (secondary N) is 1. The zero-order valence-electron chi connectivity index (χ0n) is 14.8. The van der Waals surface area contributed by atoms with Crippen molar-refractivity contribution in [2.24, 2.45) is 0 Å². The number of fused-ring (bicyclic) bond motifs is 3. The molecule has 5 nitrogen and oxygen atoms in total. The van der Waals surface area contributed by atoms with E-state index in [2.05, 4.69) is 35.0 Å². The lowest BCUT2D eigenvalue weighted by atomic mass is 10.1. The first-order valence-corrected chi connectivity index (χ1v) is 8.64. The number of nitrogens with zero attached hydrogens (tertiary/aromatic N) is 2. The molecule has 1 atom stereocenters. The van der Waals surface area contributed by atoms with Crippen LogP contribution in [0.3, 0.4) is 0 Å². The fourth-order valence-electron chi connectivity index (χ4n) is 3.46. The Kier molecular flexibility index (Phi) is 4.13. The Labute approximate surface area is 152 Å². The van der Waals surface area contributed by atoms with Gasteiger partial charge < -0.3 is 19.5 Å². The number of hydrogen-bond acceptors (Lipinski definition) is 2. The van der Waals surface area contributed by atoms with Crippen molar-refractivity contribution >= 4 is 11.7 Å². The van der Waals surface area contributed by atoms with Crippen LogP contribution in [0.2, 0.25) is 0 Å². The first kappa shape index (κ1) is 16.3. The second kappa shape index (κ2) is 6.59. The minimum Gasteiger partial charge on any atom is -0.497 e. The number of aromatic nitrogens is 1. The second-order valence-corrected chi connectivity index (χ2v) is 6.40. The maximum absolute atomic E-state index is 13.0. The number of hydrogen-bond donors (Lipinski definition) is 1. The van der Waals surface area contributed by atoms with Crippen LogP contribution >= 0.6 is 0 Å². The van der Waals surface area contributed by atoms with Crippen molar-refractivity contribution in [1.82, 2.24) is 9.47 Å². The van der Waals surface area contributed by atoms with Crippen molar-refractivity contribution in [1.29, 1.82) is 0 Å². The molecule has 1 aliphatic rings. The molecule has 1 aliphatic heterocycles. The Bertz CT molecular complexity index is 948. The molecule has 1 aromatic heterocycles. The molecule has 4 rings (SSSR count). The zero-order chi connectivity index (χ0) is 18.1.